The first-order valence-electron chi connectivity index (χ1n) is 5.28. The van der Waals surface area contributed by atoms with E-state index in [1.165, 1.54) is 0 Å². The van der Waals surface area contributed by atoms with Crippen molar-refractivity contribution in [2.45, 2.75) is 58.1 Å². The van der Waals surface area contributed by atoms with Crippen molar-refractivity contribution in [3.8, 4) is 0 Å². The van der Waals surface area contributed by atoms with Gasteiger partial charge in [-0.1, -0.05) is 6.92 Å². The van der Waals surface area contributed by atoms with Gasteiger partial charge in [-0.3, -0.25) is 0 Å². The summed E-state index contributed by atoms with van der Waals surface area (Å²) in [5.41, 5.74) is 0. The number of hydrogen-bond donors (Lipinski definition) is 0. The van der Waals surface area contributed by atoms with Crippen molar-refractivity contribution in [1.82, 2.24) is 0 Å². The molecule has 0 saturated carbocycles. The minimum absolute atomic E-state index is 0.00908. The topological polar surface area (TPSA) is 43.5 Å². The second-order valence-electron chi connectivity index (χ2n) is 3.92. The molecular formula is C10H18O4. The molecule has 5 atom stereocenters. The van der Waals surface area contributed by atoms with Crippen LogP contribution in [-0.2, 0) is 18.9 Å². The highest BCUT2D eigenvalue weighted by molar-refractivity contribution is 4.74. The molecule has 0 aliphatic carbocycles. The third-order valence-electron chi connectivity index (χ3n) is 2.54. The largest absolute Gasteiger partial charge is 0.347 e. The zero-order valence-corrected chi connectivity index (χ0v) is 8.93. The lowest BCUT2D eigenvalue weighted by Gasteiger charge is -2.13. The molecule has 2 fully saturated rings. The molecule has 4 heteroatoms. The molecule has 0 N–H and O–H groups in total. The molecule has 0 aromatic rings. The van der Waals surface area contributed by atoms with E-state index < -0.39 is 0 Å². The van der Waals surface area contributed by atoms with Gasteiger partial charge in [0.15, 0.2) is 12.6 Å². The first kappa shape index (κ1) is 10.4. The van der Waals surface area contributed by atoms with E-state index >= 15 is 0 Å². The molecule has 0 bridgehead atoms. The summed E-state index contributed by atoms with van der Waals surface area (Å²) >= 11 is 0. The maximum atomic E-state index is 5.63. The maximum absolute atomic E-state index is 5.63. The minimum Gasteiger partial charge on any atom is -0.347 e. The molecule has 2 heterocycles. The number of ether oxygens (including phenoxy) is 4. The van der Waals surface area contributed by atoms with Gasteiger partial charge in [0.1, 0.15) is 12.2 Å². The van der Waals surface area contributed by atoms with Gasteiger partial charge >= 0.3 is 0 Å². The highest BCUT2D eigenvalue weighted by Crippen LogP contribution is 2.26. The van der Waals surface area contributed by atoms with Gasteiger partial charge in [0.05, 0.1) is 12.7 Å². The molecule has 82 valence electrons. The molecule has 0 amide bonds. The van der Waals surface area contributed by atoms with Crippen LogP contribution in [0.5, 0.6) is 0 Å². The Kier molecular flexibility index (Phi) is 3.07. The van der Waals surface area contributed by atoms with E-state index in [2.05, 4.69) is 6.92 Å². The van der Waals surface area contributed by atoms with Crippen LogP contribution in [0.15, 0.2) is 0 Å². The Hall–Kier alpha value is -0.160. The van der Waals surface area contributed by atoms with E-state index in [0.29, 0.717) is 6.61 Å². The molecule has 0 radical (unpaired) electrons. The standard InChI is InChI=1S/C10H18O4/c1-4-8(14-10-7(3)13-10)5-11-9-6(2)12-9/h6-10H,4-5H2,1-3H3. The van der Waals surface area contributed by atoms with Gasteiger partial charge in [-0.2, -0.15) is 0 Å². The maximum Gasteiger partial charge on any atom is 0.184 e. The van der Waals surface area contributed by atoms with Crippen LogP contribution < -0.4 is 0 Å². The summed E-state index contributed by atoms with van der Waals surface area (Å²) in [5.74, 6) is 0. The second-order valence-corrected chi connectivity index (χ2v) is 3.92. The zero-order valence-electron chi connectivity index (χ0n) is 8.93. The monoisotopic (exact) mass is 202 g/mol. The molecule has 2 rings (SSSR count). The highest BCUT2D eigenvalue weighted by atomic mass is 16.8. The minimum atomic E-state index is -0.0129. The molecule has 2 aliphatic rings. The smallest absolute Gasteiger partial charge is 0.184 e. The predicted octanol–water partition coefficient (Wildman–Crippen LogP) is 1.29. The molecule has 0 aromatic carbocycles. The summed E-state index contributed by atoms with van der Waals surface area (Å²) in [7, 11) is 0. The molecule has 0 spiro atoms. The van der Waals surface area contributed by atoms with Crippen LogP contribution in [-0.4, -0.2) is 37.5 Å². The van der Waals surface area contributed by atoms with Crippen molar-refractivity contribution in [2.24, 2.45) is 0 Å². The van der Waals surface area contributed by atoms with Crippen molar-refractivity contribution in [3.05, 3.63) is 0 Å². The van der Waals surface area contributed by atoms with E-state index in [1.807, 2.05) is 13.8 Å². The van der Waals surface area contributed by atoms with Gasteiger partial charge in [0, 0.05) is 0 Å². The Morgan fingerprint density at radius 1 is 1.14 bits per heavy atom. The summed E-state index contributed by atoms with van der Waals surface area (Å²) in [6, 6.07) is 0. The van der Waals surface area contributed by atoms with E-state index in [-0.39, 0.29) is 30.9 Å². The fourth-order valence-electron chi connectivity index (χ4n) is 1.30. The lowest BCUT2D eigenvalue weighted by molar-refractivity contribution is -0.0734. The summed E-state index contributed by atoms with van der Waals surface area (Å²) in [6.45, 7) is 6.68. The quantitative estimate of drug-likeness (QED) is 0.609. The van der Waals surface area contributed by atoms with E-state index in [4.69, 9.17) is 18.9 Å². The zero-order chi connectivity index (χ0) is 10.1. The molecule has 4 nitrogen and oxygen atoms in total. The average molecular weight is 202 g/mol. The van der Waals surface area contributed by atoms with Crippen molar-refractivity contribution in [3.63, 3.8) is 0 Å². The fourth-order valence-corrected chi connectivity index (χ4v) is 1.30. The van der Waals surface area contributed by atoms with Crippen LogP contribution in [0.3, 0.4) is 0 Å². The Labute approximate surface area is 84.5 Å². The first-order chi connectivity index (χ1) is 6.70. The van der Waals surface area contributed by atoms with Crippen molar-refractivity contribution in [1.29, 1.82) is 0 Å². The van der Waals surface area contributed by atoms with Crippen LogP contribution in [0, 0.1) is 0 Å². The van der Waals surface area contributed by atoms with Gasteiger partial charge in [-0.15, -0.1) is 0 Å². The summed E-state index contributed by atoms with van der Waals surface area (Å²) in [6.07, 6.45) is 1.55. The highest BCUT2D eigenvalue weighted by Gasteiger charge is 2.39. The SMILES string of the molecule is CCC(COC1OC1C)OC1OC1C. The summed E-state index contributed by atoms with van der Waals surface area (Å²) < 4.78 is 21.4. The van der Waals surface area contributed by atoms with Gasteiger partial charge in [-0.25, -0.2) is 0 Å². The predicted molar refractivity (Wildman–Crippen MR) is 49.8 cm³/mol. The lowest BCUT2D eigenvalue weighted by Crippen LogP contribution is -2.22. The van der Waals surface area contributed by atoms with Crippen LogP contribution >= 0.6 is 0 Å². The van der Waals surface area contributed by atoms with Crippen LogP contribution in [0.1, 0.15) is 27.2 Å². The molecule has 2 saturated heterocycles. The van der Waals surface area contributed by atoms with Gasteiger partial charge in [-0.05, 0) is 20.3 Å². The first-order valence-corrected chi connectivity index (χ1v) is 5.28. The van der Waals surface area contributed by atoms with E-state index in [9.17, 15) is 0 Å². The molecule has 0 aromatic heterocycles. The van der Waals surface area contributed by atoms with Crippen LogP contribution in [0.25, 0.3) is 0 Å². The fraction of sp³-hybridized carbons (Fsp3) is 1.00. The second kappa shape index (κ2) is 4.14. The lowest BCUT2D eigenvalue weighted by atomic mass is 10.3. The summed E-state index contributed by atoms with van der Waals surface area (Å²) in [4.78, 5) is 0. The van der Waals surface area contributed by atoms with E-state index in [1.54, 1.807) is 0 Å². The van der Waals surface area contributed by atoms with Crippen LogP contribution in [0.4, 0.5) is 0 Å². The normalized spacial score (nSPS) is 42.2. The molecule has 2 aliphatic heterocycles. The van der Waals surface area contributed by atoms with Crippen molar-refractivity contribution >= 4 is 0 Å². The van der Waals surface area contributed by atoms with Crippen molar-refractivity contribution < 1.29 is 18.9 Å². The third-order valence-corrected chi connectivity index (χ3v) is 2.54. The molecular weight excluding hydrogens is 184 g/mol. The van der Waals surface area contributed by atoms with Gasteiger partial charge < -0.3 is 18.9 Å². The summed E-state index contributed by atoms with van der Waals surface area (Å²) in [5, 5.41) is 0. The van der Waals surface area contributed by atoms with E-state index in [0.717, 1.165) is 6.42 Å². The third kappa shape index (κ3) is 2.67. The Balaban J connectivity index is 1.60. The number of hydrogen-bond acceptors (Lipinski definition) is 4. The number of rotatable bonds is 6. The van der Waals surface area contributed by atoms with Gasteiger partial charge in [0.2, 0.25) is 0 Å². The Morgan fingerprint density at radius 3 is 2.14 bits per heavy atom. The molecule has 5 unspecified atom stereocenters. The average Bonchev–Trinajstić information content (AvgIpc) is 3.02. The van der Waals surface area contributed by atoms with Gasteiger partial charge in [0.25, 0.3) is 0 Å². The number of epoxide rings is 2. The molecule has 14 heavy (non-hydrogen) atoms. The Bertz CT molecular complexity index is 197. The van der Waals surface area contributed by atoms with Crippen molar-refractivity contribution in [2.75, 3.05) is 6.61 Å². The van der Waals surface area contributed by atoms with Crippen LogP contribution in [0.2, 0.25) is 0 Å². The Morgan fingerprint density at radius 2 is 1.71 bits per heavy atom.